The van der Waals surface area contributed by atoms with Crippen LogP contribution < -0.4 is 0 Å². The van der Waals surface area contributed by atoms with Crippen LogP contribution in [0.5, 0.6) is 0 Å². The molecule has 6 nitrogen and oxygen atoms in total. The number of aromatic nitrogens is 1. The van der Waals surface area contributed by atoms with Crippen LogP contribution in [-0.2, 0) is 0 Å². The van der Waals surface area contributed by atoms with E-state index in [1.54, 1.807) is 0 Å². The minimum atomic E-state index is -1.23. The van der Waals surface area contributed by atoms with Crippen LogP contribution >= 0.6 is 11.6 Å². The van der Waals surface area contributed by atoms with Crippen molar-refractivity contribution in [3.05, 3.63) is 45.1 Å². The van der Waals surface area contributed by atoms with Gasteiger partial charge in [-0.2, -0.15) is 0 Å². The Hall–Kier alpha value is -2.21. The second-order valence-corrected chi connectivity index (χ2v) is 3.63. The van der Waals surface area contributed by atoms with Crippen LogP contribution in [0.25, 0.3) is 10.9 Å². The second-order valence-electron chi connectivity index (χ2n) is 3.25. The fraction of sp³-hybridized carbons (Fsp3) is 0. The summed E-state index contributed by atoms with van der Waals surface area (Å²) in [6, 6.07) is 3.91. The molecule has 0 saturated carbocycles. The first kappa shape index (κ1) is 11.3. The third-order valence-electron chi connectivity index (χ3n) is 2.23. The van der Waals surface area contributed by atoms with Crippen molar-refractivity contribution in [2.75, 3.05) is 0 Å². The minimum absolute atomic E-state index is 0.0498. The molecule has 1 aromatic heterocycles. The molecule has 0 bridgehead atoms. The van der Waals surface area contributed by atoms with Crippen molar-refractivity contribution in [1.82, 2.24) is 4.98 Å². The fourth-order valence-electron chi connectivity index (χ4n) is 1.41. The van der Waals surface area contributed by atoms with Crippen molar-refractivity contribution in [2.45, 2.75) is 0 Å². The molecule has 17 heavy (non-hydrogen) atoms. The van der Waals surface area contributed by atoms with Crippen molar-refractivity contribution in [3.8, 4) is 0 Å². The predicted octanol–water partition coefficient (Wildman–Crippen LogP) is 2.49. The number of halogens is 1. The average Bonchev–Trinajstić information content (AvgIpc) is 2.28. The number of carbonyl (C=O) groups is 1. The summed E-state index contributed by atoms with van der Waals surface area (Å²) in [6.45, 7) is 0. The molecule has 2 aromatic rings. The molecule has 0 spiro atoms. The molecule has 1 aromatic carbocycles. The van der Waals surface area contributed by atoms with E-state index in [0.29, 0.717) is 5.52 Å². The molecule has 0 aliphatic carbocycles. The maximum absolute atomic E-state index is 10.8. The molecule has 0 saturated heterocycles. The molecule has 0 fully saturated rings. The second kappa shape index (κ2) is 3.99. The zero-order valence-corrected chi connectivity index (χ0v) is 9.01. The molecular formula is C10H5ClN2O4. The Morgan fingerprint density at radius 2 is 2.18 bits per heavy atom. The number of non-ortho nitro benzene ring substituents is 1. The van der Waals surface area contributed by atoms with E-state index in [0.717, 1.165) is 6.20 Å². The number of carboxylic acid groups (broad SMARTS) is 1. The van der Waals surface area contributed by atoms with Crippen molar-refractivity contribution in [3.63, 3.8) is 0 Å². The number of aromatic carboxylic acids is 1. The summed E-state index contributed by atoms with van der Waals surface area (Å²) in [7, 11) is 0. The topological polar surface area (TPSA) is 93.3 Å². The molecule has 0 radical (unpaired) electrons. The number of nitro benzene ring substituents is 1. The SMILES string of the molecule is O=C(O)c1cnc2ccc([N+](=O)[O-])cc2c1Cl. The highest BCUT2D eigenvalue weighted by molar-refractivity contribution is 6.38. The smallest absolute Gasteiger partial charge is 0.338 e. The van der Waals surface area contributed by atoms with Gasteiger partial charge in [0.25, 0.3) is 5.69 Å². The Morgan fingerprint density at radius 3 is 2.76 bits per heavy atom. The van der Waals surface area contributed by atoms with Crippen LogP contribution in [0.3, 0.4) is 0 Å². The van der Waals surface area contributed by atoms with Crippen molar-refractivity contribution in [2.24, 2.45) is 0 Å². The highest BCUT2D eigenvalue weighted by Gasteiger charge is 2.15. The lowest BCUT2D eigenvalue weighted by Gasteiger charge is -2.03. The lowest BCUT2D eigenvalue weighted by atomic mass is 10.1. The zero-order chi connectivity index (χ0) is 12.6. The number of hydrogen-bond acceptors (Lipinski definition) is 4. The molecule has 0 aliphatic heterocycles. The van der Waals surface area contributed by atoms with Gasteiger partial charge in [0.1, 0.15) is 0 Å². The number of pyridine rings is 1. The third-order valence-corrected chi connectivity index (χ3v) is 2.63. The van der Waals surface area contributed by atoms with Gasteiger partial charge in [-0.15, -0.1) is 0 Å². The summed E-state index contributed by atoms with van der Waals surface area (Å²) in [5, 5.41) is 19.6. The number of carboxylic acids is 1. The summed E-state index contributed by atoms with van der Waals surface area (Å²) in [5.41, 5.74) is 0.0639. The average molecular weight is 253 g/mol. The highest BCUT2D eigenvalue weighted by atomic mass is 35.5. The molecule has 0 aliphatic rings. The van der Waals surface area contributed by atoms with E-state index in [2.05, 4.69) is 4.98 Å². The zero-order valence-electron chi connectivity index (χ0n) is 8.25. The molecule has 0 amide bonds. The number of hydrogen-bond donors (Lipinski definition) is 1. The van der Waals surface area contributed by atoms with Gasteiger partial charge >= 0.3 is 5.97 Å². The Morgan fingerprint density at radius 1 is 1.47 bits per heavy atom. The fourth-order valence-corrected chi connectivity index (χ4v) is 1.69. The third kappa shape index (κ3) is 1.90. The van der Waals surface area contributed by atoms with Crippen LogP contribution in [-0.4, -0.2) is 21.0 Å². The number of fused-ring (bicyclic) bond motifs is 1. The standard InChI is InChI=1S/C10H5ClN2O4/c11-9-6-3-5(13(16)17)1-2-8(6)12-4-7(9)10(14)15/h1-4H,(H,14,15). The van der Waals surface area contributed by atoms with Gasteiger partial charge < -0.3 is 5.11 Å². The van der Waals surface area contributed by atoms with Gasteiger partial charge in [-0.25, -0.2) is 4.79 Å². The van der Waals surface area contributed by atoms with E-state index in [9.17, 15) is 14.9 Å². The molecule has 1 heterocycles. The van der Waals surface area contributed by atoms with Gasteiger partial charge in [-0.3, -0.25) is 15.1 Å². The maximum atomic E-state index is 10.8. The number of nitrogens with zero attached hydrogens (tertiary/aromatic N) is 2. The van der Waals surface area contributed by atoms with E-state index in [1.165, 1.54) is 18.2 Å². The van der Waals surface area contributed by atoms with E-state index in [4.69, 9.17) is 16.7 Å². The van der Waals surface area contributed by atoms with E-state index in [1.807, 2.05) is 0 Å². The van der Waals surface area contributed by atoms with Crippen LogP contribution in [0, 0.1) is 10.1 Å². The first-order valence-electron chi connectivity index (χ1n) is 4.46. The maximum Gasteiger partial charge on any atom is 0.338 e. The molecule has 86 valence electrons. The molecule has 1 N–H and O–H groups in total. The van der Waals surface area contributed by atoms with E-state index >= 15 is 0 Å². The minimum Gasteiger partial charge on any atom is -0.478 e. The van der Waals surface area contributed by atoms with Crippen molar-refractivity contribution < 1.29 is 14.8 Å². The summed E-state index contributed by atoms with van der Waals surface area (Å²) >= 11 is 5.87. The quantitative estimate of drug-likeness (QED) is 0.655. The Balaban J connectivity index is 2.78. The number of nitro groups is 1. The van der Waals surface area contributed by atoms with Crippen LogP contribution in [0.1, 0.15) is 10.4 Å². The van der Waals surface area contributed by atoms with Crippen molar-refractivity contribution in [1.29, 1.82) is 0 Å². The molecule has 2 rings (SSSR count). The van der Waals surface area contributed by atoms with Gasteiger partial charge in [0, 0.05) is 23.7 Å². The van der Waals surface area contributed by atoms with E-state index < -0.39 is 10.9 Å². The largest absolute Gasteiger partial charge is 0.478 e. The Kier molecular flexibility index (Phi) is 2.64. The molecule has 0 unspecified atom stereocenters. The number of rotatable bonds is 2. The normalized spacial score (nSPS) is 10.4. The summed E-state index contributed by atoms with van der Waals surface area (Å²) < 4.78 is 0. The van der Waals surface area contributed by atoms with Gasteiger partial charge in [0.05, 0.1) is 21.0 Å². The number of benzene rings is 1. The Labute approximate surface area is 99.6 Å². The van der Waals surface area contributed by atoms with Gasteiger partial charge in [-0.05, 0) is 6.07 Å². The van der Waals surface area contributed by atoms with Crippen LogP contribution in [0.15, 0.2) is 24.4 Å². The van der Waals surface area contributed by atoms with Crippen LogP contribution in [0.2, 0.25) is 5.02 Å². The van der Waals surface area contributed by atoms with Crippen molar-refractivity contribution >= 4 is 34.2 Å². The van der Waals surface area contributed by atoms with Gasteiger partial charge in [0.15, 0.2) is 0 Å². The van der Waals surface area contributed by atoms with Gasteiger partial charge in [0.2, 0.25) is 0 Å². The predicted molar refractivity (Wildman–Crippen MR) is 60.4 cm³/mol. The van der Waals surface area contributed by atoms with Gasteiger partial charge in [-0.1, -0.05) is 11.6 Å². The van der Waals surface area contributed by atoms with Crippen LogP contribution in [0.4, 0.5) is 5.69 Å². The summed E-state index contributed by atoms with van der Waals surface area (Å²) in [4.78, 5) is 24.7. The highest BCUT2D eigenvalue weighted by Crippen LogP contribution is 2.28. The summed E-state index contributed by atoms with van der Waals surface area (Å²) in [5.74, 6) is -1.23. The molecule has 0 atom stereocenters. The van der Waals surface area contributed by atoms with E-state index in [-0.39, 0.29) is 21.7 Å². The lowest BCUT2D eigenvalue weighted by Crippen LogP contribution is -1.99. The lowest BCUT2D eigenvalue weighted by molar-refractivity contribution is -0.384. The monoisotopic (exact) mass is 252 g/mol. The molecule has 7 heteroatoms. The Bertz CT molecular complexity index is 636. The molecular weight excluding hydrogens is 248 g/mol. The summed E-state index contributed by atoms with van der Waals surface area (Å²) in [6.07, 6.45) is 1.12. The first-order chi connectivity index (χ1) is 8.00. The first-order valence-corrected chi connectivity index (χ1v) is 4.84.